The van der Waals surface area contributed by atoms with Crippen molar-refractivity contribution in [3.63, 3.8) is 0 Å². The highest BCUT2D eigenvalue weighted by molar-refractivity contribution is 5.76. The third kappa shape index (κ3) is 6.16. The molecule has 21 heavy (non-hydrogen) atoms. The predicted octanol–water partition coefficient (Wildman–Crippen LogP) is 1.38. The second kappa shape index (κ2) is 8.84. The quantitative estimate of drug-likeness (QED) is 0.506. The third-order valence-electron chi connectivity index (χ3n) is 2.98. The summed E-state index contributed by atoms with van der Waals surface area (Å²) in [6.07, 6.45) is 3.96. The van der Waals surface area contributed by atoms with Gasteiger partial charge >= 0.3 is 0 Å². The molecule has 0 aliphatic carbocycles. The van der Waals surface area contributed by atoms with Gasteiger partial charge in [-0.3, -0.25) is 20.6 Å². The van der Waals surface area contributed by atoms with Crippen molar-refractivity contribution >= 4 is 5.91 Å². The molecule has 5 heteroatoms. The highest BCUT2D eigenvalue weighted by atomic mass is 16.1. The summed E-state index contributed by atoms with van der Waals surface area (Å²) < 4.78 is 0. The van der Waals surface area contributed by atoms with Crippen molar-refractivity contribution in [1.82, 2.24) is 21.2 Å². The van der Waals surface area contributed by atoms with E-state index in [-0.39, 0.29) is 5.91 Å². The smallest absolute Gasteiger partial charge is 0.221 e. The number of pyridine rings is 1. The van der Waals surface area contributed by atoms with E-state index in [1.54, 1.807) is 12.4 Å². The Morgan fingerprint density at radius 1 is 0.905 bits per heavy atom. The van der Waals surface area contributed by atoms with Gasteiger partial charge in [-0.1, -0.05) is 30.3 Å². The zero-order valence-electron chi connectivity index (χ0n) is 11.9. The number of hydrogen-bond donors (Lipinski definition) is 3. The average Bonchev–Trinajstić information content (AvgIpc) is 2.54. The summed E-state index contributed by atoms with van der Waals surface area (Å²) in [6, 6.07) is 13.8. The van der Waals surface area contributed by atoms with Crippen LogP contribution in [0.5, 0.6) is 0 Å². The van der Waals surface area contributed by atoms with Crippen LogP contribution in [0.2, 0.25) is 0 Å². The lowest BCUT2D eigenvalue weighted by Crippen LogP contribution is -2.35. The van der Waals surface area contributed by atoms with Gasteiger partial charge in [0.25, 0.3) is 0 Å². The maximum atomic E-state index is 11.7. The number of nitrogens with zero attached hydrogens (tertiary/aromatic N) is 1. The van der Waals surface area contributed by atoms with Gasteiger partial charge in [-0.05, 0) is 23.3 Å². The fourth-order valence-corrected chi connectivity index (χ4v) is 1.81. The molecule has 3 N–H and O–H groups in total. The maximum absolute atomic E-state index is 11.7. The van der Waals surface area contributed by atoms with E-state index in [4.69, 9.17) is 0 Å². The van der Waals surface area contributed by atoms with Crippen molar-refractivity contribution in [3.05, 3.63) is 66.0 Å². The number of carbonyl (C=O) groups excluding carboxylic acids is 1. The van der Waals surface area contributed by atoms with Crippen LogP contribution in [0.3, 0.4) is 0 Å². The number of hydrogen-bond acceptors (Lipinski definition) is 4. The minimum absolute atomic E-state index is 0.0389. The molecular weight excluding hydrogens is 264 g/mol. The number of aromatic nitrogens is 1. The Labute approximate surface area is 124 Å². The molecule has 0 saturated heterocycles. The molecule has 110 valence electrons. The molecule has 0 spiro atoms. The molecule has 1 heterocycles. The number of amides is 1. The first-order valence-electron chi connectivity index (χ1n) is 7.00. The van der Waals surface area contributed by atoms with Gasteiger partial charge in [0.1, 0.15) is 0 Å². The van der Waals surface area contributed by atoms with E-state index >= 15 is 0 Å². The molecule has 0 saturated carbocycles. The minimum atomic E-state index is 0.0389. The molecule has 0 radical (unpaired) electrons. The second-order valence-corrected chi connectivity index (χ2v) is 4.65. The highest BCUT2D eigenvalue weighted by Crippen LogP contribution is 1.97. The molecule has 0 aliphatic rings. The molecule has 0 bridgehead atoms. The van der Waals surface area contributed by atoms with Crippen LogP contribution in [0.25, 0.3) is 0 Å². The lowest BCUT2D eigenvalue weighted by molar-refractivity contribution is -0.121. The van der Waals surface area contributed by atoms with Crippen molar-refractivity contribution in [2.45, 2.75) is 19.5 Å². The number of carbonyl (C=O) groups is 1. The van der Waals surface area contributed by atoms with Crippen LogP contribution >= 0.6 is 0 Å². The van der Waals surface area contributed by atoms with Gasteiger partial charge in [-0.15, -0.1) is 0 Å². The standard InChI is InChI=1S/C16H20N4O/c21-16(18-12-14-4-2-1-3-5-14)8-11-19-20-13-15-6-9-17-10-7-15/h1-7,9-10,19-20H,8,11-13H2,(H,18,21). The lowest BCUT2D eigenvalue weighted by Gasteiger charge is -2.08. The van der Waals surface area contributed by atoms with Crippen LogP contribution < -0.4 is 16.2 Å². The molecule has 5 nitrogen and oxygen atoms in total. The zero-order valence-corrected chi connectivity index (χ0v) is 11.9. The molecule has 1 amide bonds. The first kappa shape index (κ1) is 15.2. The third-order valence-corrected chi connectivity index (χ3v) is 2.98. The van der Waals surface area contributed by atoms with Crippen LogP contribution in [0.15, 0.2) is 54.9 Å². The van der Waals surface area contributed by atoms with E-state index in [0.717, 1.165) is 11.1 Å². The Hall–Kier alpha value is -2.24. The van der Waals surface area contributed by atoms with E-state index < -0.39 is 0 Å². The lowest BCUT2D eigenvalue weighted by atomic mass is 10.2. The van der Waals surface area contributed by atoms with Crippen LogP contribution in [0.1, 0.15) is 17.5 Å². The Balaban J connectivity index is 1.53. The van der Waals surface area contributed by atoms with Gasteiger partial charge in [-0.25, -0.2) is 0 Å². The van der Waals surface area contributed by atoms with Gasteiger partial charge in [0.15, 0.2) is 0 Å². The van der Waals surface area contributed by atoms with Gasteiger partial charge in [0, 0.05) is 38.4 Å². The van der Waals surface area contributed by atoms with E-state index in [9.17, 15) is 4.79 Å². The number of hydrazine groups is 1. The van der Waals surface area contributed by atoms with Crippen LogP contribution in [-0.2, 0) is 17.9 Å². The highest BCUT2D eigenvalue weighted by Gasteiger charge is 2.00. The fourth-order valence-electron chi connectivity index (χ4n) is 1.81. The van der Waals surface area contributed by atoms with Crippen LogP contribution in [0, 0.1) is 0 Å². The van der Waals surface area contributed by atoms with Crippen LogP contribution in [-0.4, -0.2) is 17.4 Å². The summed E-state index contributed by atoms with van der Waals surface area (Å²) in [4.78, 5) is 15.6. The number of nitrogens with one attached hydrogen (secondary N) is 3. The Morgan fingerprint density at radius 3 is 2.38 bits per heavy atom. The largest absolute Gasteiger partial charge is 0.352 e. The predicted molar refractivity (Wildman–Crippen MR) is 82.0 cm³/mol. The molecule has 0 unspecified atom stereocenters. The van der Waals surface area contributed by atoms with Gasteiger partial charge in [-0.2, -0.15) is 0 Å². The number of benzene rings is 1. The first-order chi connectivity index (χ1) is 10.3. The Morgan fingerprint density at radius 2 is 1.62 bits per heavy atom. The van der Waals surface area contributed by atoms with Crippen molar-refractivity contribution in [2.24, 2.45) is 0 Å². The summed E-state index contributed by atoms with van der Waals surface area (Å²) in [5.74, 6) is 0.0389. The zero-order chi connectivity index (χ0) is 14.8. The molecule has 1 aromatic heterocycles. The molecule has 2 aromatic rings. The molecule has 0 atom stereocenters. The minimum Gasteiger partial charge on any atom is -0.352 e. The topological polar surface area (TPSA) is 66.0 Å². The Bertz CT molecular complexity index is 530. The molecule has 1 aromatic carbocycles. The molecular formula is C16H20N4O. The van der Waals surface area contributed by atoms with E-state index in [0.29, 0.717) is 26.1 Å². The van der Waals surface area contributed by atoms with Gasteiger partial charge < -0.3 is 5.32 Å². The molecule has 0 aliphatic heterocycles. The summed E-state index contributed by atoms with van der Waals surface area (Å²) >= 11 is 0. The van der Waals surface area contributed by atoms with E-state index in [1.165, 1.54) is 0 Å². The monoisotopic (exact) mass is 284 g/mol. The van der Waals surface area contributed by atoms with Gasteiger partial charge in [0.2, 0.25) is 5.91 Å². The van der Waals surface area contributed by atoms with Crippen molar-refractivity contribution in [1.29, 1.82) is 0 Å². The van der Waals surface area contributed by atoms with Crippen LogP contribution in [0.4, 0.5) is 0 Å². The van der Waals surface area contributed by atoms with Crippen molar-refractivity contribution < 1.29 is 4.79 Å². The SMILES string of the molecule is O=C(CCNNCc1ccncc1)NCc1ccccc1. The van der Waals surface area contributed by atoms with Gasteiger partial charge in [0.05, 0.1) is 0 Å². The maximum Gasteiger partial charge on any atom is 0.221 e. The average molecular weight is 284 g/mol. The summed E-state index contributed by atoms with van der Waals surface area (Å²) in [7, 11) is 0. The number of rotatable bonds is 8. The molecule has 0 fully saturated rings. The van der Waals surface area contributed by atoms with E-state index in [2.05, 4.69) is 21.2 Å². The normalized spacial score (nSPS) is 10.3. The summed E-state index contributed by atoms with van der Waals surface area (Å²) in [6.45, 7) is 1.87. The van der Waals surface area contributed by atoms with Crippen molar-refractivity contribution in [2.75, 3.05) is 6.54 Å². The fraction of sp³-hybridized carbons (Fsp3) is 0.250. The Kier molecular flexibility index (Phi) is 6.38. The summed E-state index contributed by atoms with van der Waals surface area (Å²) in [5, 5.41) is 2.89. The summed E-state index contributed by atoms with van der Waals surface area (Å²) in [5.41, 5.74) is 8.36. The van der Waals surface area contributed by atoms with Crippen molar-refractivity contribution in [3.8, 4) is 0 Å². The molecule has 2 rings (SSSR count). The van der Waals surface area contributed by atoms with E-state index in [1.807, 2.05) is 42.5 Å². The first-order valence-corrected chi connectivity index (χ1v) is 7.00. The second-order valence-electron chi connectivity index (χ2n) is 4.65.